The van der Waals surface area contributed by atoms with Crippen molar-refractivity contribution >= 4 is 0 Å². The molecular weight excluding hydrogens is 186 g/mol. The Kier molecular flexibility index (Phi) is 2.83. The van der Waals surface area contributed by atoms with Gasteiger partial charge in [-0.25, -0.2) is 4.98 Å². The molecule has 0 fully saturated rings. The van der Waals surface area contributed by atoms with Gasteiger partial charge >= 0.3 is 0 Å². The first-order chi connectivity index (χ1) is 7.31. The number of aryl methyl sites for hydroxylation is 1. The van der Waals surface area contributed by atoms with Crippen LogP contribution in [0.2, 0.25) is 0 Å². The van der Waals surface area contributed by atoms with E-state index in [9.17, 15) is 0 Å². The highest BCUT2D eigenvalue weighted by atomic mass is 14.9. The number of benzene rings is 1. The first kappa shape index (κ1) is 9.93. The highest BCUT2D eigenvalue weighted by Crippen LogP contribution is 2.20. The molecular formula is C12H15N3. The third kappa shape index (κ3) is 2.07. The Morgan fingerprint density at radius 3 is 2.87 bits per heavy atom. The lowest BCUT2D eigenvalue weighted by atomic mass is 10.0. The van der Waals surface area contributed by atoms with Crippen molar-refractivity contribution in [2.75, 3.05) is 6.54 Å². The van der Waals surface area contributed by atoms with Gasteiger partial charge in [-0.1, -0.05) is 18.2 Å². The zero-order valence-electron chi connectivity index (χ0n) is 8.83. The summed E-state index contributed by atoms with van der Waals surface area (Å²) in [5.74, 6) is 0.923. The van der Waals surface area contributed by atoms with Gasteiger partial charge in [0.2, 0.25) is 0 Å². The largest absolute Gasteiger partial charge is 0.345 e. The van der Waals surface area contributed by atoms with Gasteiger partial charge in [-0.05, 0) is 31.0 Å². The number of hydrogen-bond acceptors (Lipinski definition) is 2. The molecule has 78 valence electrons. The van der Waals surface area contributed by atoms with Crippen LogP contribution in [0.3, 0.4) is 0 Å². The number of H-pyrrole nitrogens is 1. The predicted molar refractivity (Wildman–Crippen MR) is 61.5 cm³/mol. The summed E-state index contributed by atoms with van der Waals surface area (Å²) in [4.78, 5) is 7.35. The third-order valence-electron chi connectivity index (χ3n) is 2.48. The van der Waals surface area contributed by atoms with Crippen molar-refractivity contribution in [2.24, 2.45) is 5.73 Å². The standard InChI is InChI=1S/C12H15N3/c1-9-8-10(4-5-13)2-3-11(9)12-14-6-7-15-12/h2-3,6-8H,4-5,13H2,1H3,(H,14,15). The lowest BCUT2D eigenvalue weighted by Gasteiger charge is -2.05. The van der Waals surface area contributed by atoms with E-state index in [2.05, 4.69) is 35.1 Å². The molecule has 0 atom stereocenters. The SMILES string of the molecule is Cc1cc(CCN)ccc1-c1ncc[nH]1. The van der Waals surface area contributed by atoms with Crippen molar-refractivity contribution in [1.29, 1.82) is 0 Å². The number of rotatable bonds is 3. The second-order valence-corrected chi connectivity index (χ2v) is 3.63. The Morgan fingerprint density at radius 2 is 2.27 bits per heavy atom. The van der Waals surface area contributed by atoms with E-state index in [1.807, 2.05) is 6.20 Å². The molecule has 1 aromatic carbocycles. The fourth-order valence-electron chi connectivity index (χ4n) is 1.73. The smallest absolute Gasteiger partial charge is 0.137 e. The molecule has 2 rings (SSSR count). The maximum absolute atomic E-state index is 5.52. The zero-order chi connectivity index (χ0) is 10.7. The van der Waals surface area contributed by atoms with Gasteiger partial charge in [0.25, 0.3) is 0 Å². The van der Waals surface area contributed by atoms with Gasteiger partial charge < -0.3 is 10.7 Å². The van der Waals surface area contributed by atoms with Crippen LogP contribution in [-0.4, -0.2) is 16.5 Å². The molecule has 0 aliphatic carbocycles. The number of nitrogens with two attached hydrogens (primary N) is 1. The van der Waals surface area contributed by atoms with Crippen molar-refractivity contribution in [3.05, 3.63) is 41.7 Å². The van der Waals surface area contributed by atoms with Gasteiger partial charge in [0.05, 0.1) is 0 Å². The van der Waals surface area contributed by atoms with Crippen molar-refractivity contribution in [3.63, 3.8) is 0 Å². The van der Waals surface area contributed by atoms with E-state index in [4.69, 9.17) is 5.73 Å². The zero-order valence-corrected chi connectivity index (χ0v) is 8.83. The summed E-state index contributed by atoms with van der Waals surface area (Å²) < 4.78 is 0. The third-order valence-corrected chi connectivity index (χ3v) is 2.48. The van der Waals surface area contributed by atoms with E-state index in [0.717, 1.165) is 17.8 Å². The summed E-state index contributed by atoms with van der Waals surface area (Å²) in [6.07, 6.45) is 4.53. The Hall–Kier alpha value is -1.61. The van der Waals surface area contributed by atoms with E-state index >= 15 is 0 Å². The highest BCUT2D eigenvalue weighted by molar-refractivity contribution is 5.60. The molecule has 2 aromatic rings. The Labute approximate surface area is 89.4 Å². The van der Waals surface area contributed by atoms with Gasteiger partial charge in [0, 0.05) is 18.0 Å². The summed E-state index contributed by atoms with van der Waals surface area (Å²) in [5.41, 5.74) is 9.19. The maximum Gasteiger partial charge on any atom is 0.137 e. The van der Waals surface area contributed by atoms with Gasteiger partial charge in [-0.15, -0.1) is 0 Å². The average molecular weight is 201 g/mol. The van der Waals surface area contributed by atoms with Gasteiger partial charge in [-0.3, -0.25) is 0 Å². The Balaban J connectivity index is 2.35. The molecule has 0 unspecified atom stereocenters. The lowest BCUT2D eigenvalue weighted by molar-refractivity contribution is 0.967. The van der Waals surface area contributed by atoms with Crippen LogP contribution in [0, 0.1) is 6.92 Å². The summed E-state index contributed by atoms with van der Waals surface area (Å²) in [6.45, 7) is 2.79. The van der Waals surface area contributed by atoms with Crippen LogP contribution in [0.1, 0.15) is 11.1 Å². The molecule has 0 saturated carbocycles. The van der Waals surface area contributed by atoms with Crippen molar-refractivity contribution in [2.45, 2.75) is 13.3 Å². The van der Waals surface area contributed by atoms with E-state index in [-0.39, 0.29) is 0 Å². The minimum Gasteiger partial charge on any atom is -0.345 e. The molecule has 3 N–H and O–H groups in total. The van der Waals surface area contributed by atoms with Crippen LogP contribution < -0.4 is 5.73 Å². The average Bonchev–Trinajstić information content (AvgIpc) is 2.71. The summed E-state index contributed by atoms with van der Waals surface area (Å²) >= 11 is 0. The molecule has 0 aliphatic rings. The summed E-state index contributed by atoms with van der Waals surface area (Å²) in [5, 5.41) is 0. The highest BCUT2D eigenvalue weighted by Gasteiger charge is 2.04. The predicted octanol–water partition coefficient (Wildman–Crippen LogP) is 1.89. The molecule has 3 heteroatoms. The van der Waals surface area contributed by atoms with Crippen LogP contribution in [0.15, 0.2) is 30.6 Å². The number of imidazole rings is 1. The molecule has 0 saturated heterocycles. The molecule has 0 radical (unpaired) electrons. The van der Waals surface area contributed by atoms with Crippen LogP contribution in [-0.2, 0) is 6.42 Å². The molecule has 3 nitrogen and oxygen atoms in total. The first-order valence-corrected chi connectivity index (χ1v) is 5.10. The molecule has 1 heterocycles. The molecule has 0 spiro atoms. The van der Waals surface area contributed by atoms with E-state index in [1.54, 1.807) is 6.20 Å². The number of aromatic amines is 1. The van der Waals surface area contributed by atoms with Crippen molar-refractivity contribution < 1.29 is 0 Å². The molecule has 15 heavy (non-hydrogen) atoms. The van der Waals surface area contributed by atoms with Crippen LogP contribution >= 0.6 is 0 Å². The van der Waals surface area contributed by atoms with Gasteiger partial charge in [-0.2, -0.15) is 0 Å². The van der Waals surface area contributed by atoms with E-state index in [1.165, 1.54) is 11.1 Å². The minimum atomic E-state index is 0.694. The quantitative estimate of drug-likeness (QED) is 0.796. The lowest BCUT2D eigenvalue weighted by Crippen LogP contribution is -2.02. The molecule has 1 aromatic heterocycles. The summed E-state index contributed by atoms with van der Waals surface area (Å²) in [7, 11) is 0. The molecule has 0 aliphatic heterocycles. The normalized spacial score (nSPS) is 10.5. The Morgan fingerprint density at radius 1 is 1.40 bits per heavy atom. The molecule has 0 amide bonds. The van der Waals surface area contributed by atoms with Gasteiger partial charge in [0.15, 0.2) is 0 Å². The Bertz CT molecular complexity index is 432. The number of aromatic nitrogens is 2. The maximum atomic E-state index is 5.52. The second-order valence-electron chi connectivity index (χ2n) is 3.63. The minimum absolute atomic E-state index is 0.694. The number of hydrogen-bond donors (Lipinski definition) is 2. The van der Waals surface area contributed by atoms with Crippen LogP contribution in [0.5, 0.6) is 0 Å². The fraction of sp³-hybridized carbons (Fsp3) is 0.250. The monoisotopic (exact) mass is 201 g/mol. The first-order valence-electron chi connectivity index (χ1n) is 5.10. The number of nitrogens with one attached hydrogen (secondary N) is 1. The van der Waals surface area contributed by atoms with Gasteiger partial charge in [0.1, 0.15) is 5.82 Å². The van der Waals surface area contributed by atoms with Crippen molar-refractivity contribution in [3.8, 4) is 11.4 Å². The van der Waals surface area contributed by atoms with Crippen LogP contribution in [0.25, 0.3) is 11.4 Å². The van der Waals surface area contributed by atoms with E-state index < -0.39 is 0 Å². The second kappa shape index (κ2) is 4.28. The topological polar surface area (TPSA) is 54.7 Å². The fourth-order valence-corrected chi connectivity index (χ4v) is 1.73. The molecule has 0 bridgehead atoms. The van der Waals surface area contributed by atoms with Crippen LogP contribution in [0.4, 0.5) is 0 Å². The summed E-state index contributed by atoms with van der Waals surface area (Å²) in [6, 6.07) is 6.38. The number of nitrogens with zero attached hydrogens (tertiary/aromatic N) is 1. The van der Waals surface area contributed by atoms with Crippen molar-refractivity contribution in [1.82, 2.24) is 9.97 Å². The van der Waals surface area contributed by atoms with E-state index in [0.29, 0.717) is 6.54 Å².